The van der Waals surface area contributed by atoms with E-state index < -0.39 is 0 Å². The molecule has 0 radical (unpaired) electrons. The minimum absolute atomic E-state index is 0.157. The summed E-state index contributed by atoms with van der Waals surface area (Å²) in [5, 5.41) is 9.16. The summed E-state index contributed by atoms with van der Waals surface area (Å²) in [5.41, 5.74) is 0.412. The van der Waals surface area contributed by atoms with Crippen molar-refractivity contribution in [2.75, 3.05) is 6.79 Å². The maximum absolute atomic E-state index is 8.68. The van der Waals surface area contributed by atoms with Crippen LogP contribution in [-0.4, -0.2) is 6.79 Å². The summed E-state index contributed by atoms with van der Waals surface area (Å²) in [7, 11) is 0. The first-order chi connectivity index (χ1) is 5.81. The van der Waals surface area contributed by atoms with E-state index in [4.69, 9.17) is 26.3 Å². The zero-order chi connectivity index (χ0) is 8.55. The third kappa shape index (κ3) is 0.973. The molecular weight excluding hydrogens is 178 g/mol. The van der Waals surface area contributed by atoms with Crippen molar-refractivity contribution in [2.45, 2.75) is 0 Å². The van der Waals surface area contributed by atoms with Gasteiger partial charge in [0.25, 0.3) is 0 Å². The molecule has 0 aromatic heterocycles. The minimum Gasteiger partial charge on any atom is -0.453 e. The van der Waals surface area contributed by atoms with E-state index in [0.29, 0.717) is 22.1 Å². The van der Waals surface area contributed by atoms with Gasteiger partial charge in [-0.15, -0.1) is 0 Å². The van der Waals surface area contributed by atoms with Gasteiger partial charge in [-0.25, -0.2) is 0 Å². The summed E-state index contributed by atoms with van der Waals surface area (Å²) in [6.45, 7) is 0.157. The molecule has 2 rings (SSSR count). The molecule has 60 valence electrons. The molecule has 0 saturated carbocycles. The number of ether oxygens (including phenoxy) is 2. The summed E-state index contributed by atoms with van der Waals surface area (Å²) in [4.78, 5) is 0. The first kappa shape index (κ1) is 7.26. The number of fused-ring (bicyclic) bond motifs is 1. The van der Waals surface area contributed by atoms with Crippen LogP contribution in [0.5, 0.6) is 11.5 Å². The third-order valence-electron chi connectivity index (χ3n) is 1.56. The SMILES string of the molecule is N#Cc1cc(Cl)cc2c1OCO2. The van der Waals surface area contributed by atoms with Gasteiger partial charge >= 0.3 is 0 Å². The van der Waals surface area contributed by atoms with Crippen molar-refractivity contribution >= 4 is 11.6 Å². The lowest BCUT2D eigenvalue weighted by Gasteiger charge is -1.97. The lowest BCUT2D eigenvalue weighted by molar-refractivity contribution is 0.173. The van der Waals surface area contributed by atoms with E-state index in [-0.39, 0.29) is 6.79 Å². The monoisotopic (exact) mass is 181 g/mol. The fourth-order valence-corrected chi connectivity index (χ4v) is 1.27. The van der Waals surface area contributed by atoms with Crippen LogP contribution < -0.4 is 9.47 Å². The topological polar surface area (TPSA) is 42.2 Å². The molecule has 3 nitrogen and oxygen atoms in total. The molecule has 1 heterocycles. The molecule has 0 amide bonds. The van der Waals surface area contributed by atoms with Crippen molar-refractivity contribution in [3.05, 3.63) is 22.7 Å². The molecule has 0 N–H and O–H groups in total. The standard InChI is InChI=1S/C8H4ClNO2/c9-6-1-5(3-10)8-7(2-6)11-4-12-8/h1-2H,4H2. The number of nitrogens with zero attached hydrogens (tertiary/aromatic N) is 1. The molecule has 0 fully saturated rings. The Balaban J connectivity index is 2.64. The van der Waals surface area contributed by atoms with Crippen LogP contribution in [0.4, 0.5) is 0 Å². The Morgan fingerprint density at radius 2 is 2.25 bits per heavy atom. The van der Waals surface area contributed by atoms with E-state index in [9.17, 15) is 0 Å². The predicted octanol–water partition coefficient (Wildman–Crippen LogP) is 1.94. The first-order valence-electron chi connectivity index (χ1n) is 3.30. The fourth-order valence-electron chi connectivity index (χ4n) is 1.06. The van der Waals surface area contributed by atoms with Crippen molar-refractivity contribution in [2.24, 2.45) is 0 Å². The molecule has 0 spiro atoms. The Morgan fingerprint density at radius 3 is 3.00 bits per heavy atom. The summed E-state index contributed by atoms with van der Waals surface area (Å²) in [6, 6.07) is 5.16. The van der Waals surface area contributed by atoms with E-state index in [1.54, 1.807) is 12.1 Å². The van der Waals surface area contributed by atoms with Crippen LogP contribution in [0.25, 0.3) is 0 Å². The number of hydrogen-bond acceptors (Lipinski definition) is 3. The maximum Gasteiger partial charge on any atom is 0.231 e. The molecular formula is C8H4ClNO2. The van der Waals surface area contributed by atoms with E-state index in [2.05, 4.69) is 0 Å². The average Bonchev–Trinajstić information content (AvgIpc) is 2.50. The lowest BCUT2D eigenvalue weighted by Crippen LogP contribution is -1.93. The second-order valence-electron chi connectivity index (χ2n) is 2.30. The molecule has 12 heavy (non-hydrogen) atoms. The van der Waals surface area contributed by atoms with Gasteiger partial charge in [-0.3, -0.25) is 0 Å². The molecule has 0 unspecified atom stereocenters. The molecule has 0 aliphatic carbocycles. The molecule has 4 heteroatoms. The Kier molecular flexibility index (Phi) is 1.56. The Labute approximate surface area is 74.1 Å². The molecule has 1 aliphatic heterocycles. The van der Waals surface area contributed by atoms with Crippen molar-refractivity contribution < 1.29 is 9.47 Å². The van der Waals surface area contributed by atoms with Crippen molar-refractivity contribution in [1.29, 1.82) is 5.26 Å². The van der Waals surface area contributed by atoms with Gasteiger partial charge in [0.05, 0.1) is 5.56 Å². The second-order valence-corrected chi connectivity index (χ2v) is 2.74. The van der Waals surface area contributed by atoms with Crippen LogP contribution in [0.1, 0.15) is 5.56 Å². The first-order valence-corrected chi connectivity index (χ1v) is 3.68. The van der Waals surface area contributed by atoms with E-state index >= 15 is 0 Å². The highest BCUT2D eigenvalue weighted by Gasteiger charge is 2.18. The van der Waals surface area contributed by atoms with Crippen LogP contribution in [0.15, 0.2) is 12.1 Å². The maximum atomic E-state index is 8.68. The Bertz CT molecular complexity index is 370. The highest BCUT2D eigenvalue weighted by atomic mass is 35.5. The van der Waals surface area contributed by atoms with Gasteiger partial charge in [0.2, 0.25) is 6.79 Å². The quantitative estimate of drug-likeness (QED) is 0.614. The summed E-state index contributed by atoms with van der Waals surface area (Å²) < 4.78 is 10.1. The molecule has 1 aromatic rings. The molecule has 0 bridgehead atoms. The minimum atomic E-state index is 0.157. The largest absolute Gasteiger partial charge is 0.453 e. The van der Waals surface area contributed by atoms with Crippen molar-refractivity contribution in [3.63, 3.8) is 0 Å². The van der Waals surface area contributed by atoms with Gasteiger partial charge in [-0.2, -0.15) is 5.26 Å². The number of halogens is 1. The second kappa shape index (κ2) is 2.58. The predicted molar refractivity (Wildman–Crippen MR) is 42.3 cm³/mol. The van der Waals surface area contributed by atoms with Crippen molar-refractivity contribution in [3.8, 4) is 17.6 Å². The fraction of sp³-hybridized carbons (Fsp3) is 0.125. The number of hydrogen-bond donors (Lipinski definition) is 0. The van der Waals surface area contributed by atoms with Crippen LogP contribution in [0.2, 0.25) is 5.02 Å². The molecule has 0 atom stereocenters. The summed E-state index contributed by atoms with van der Waals surface area (Å²) >= 11 is 5.72. The zero-order valence-corrected chi connectivity index (χ0v) is 6.76. The van der Waals surface area contributed by atoms with Gasteiger partial charge < -0.3 is 9.47 Å². The molecule has 1 aliphatic rings. The third-order valence-corrected chi connectivity index (χ3v) is 1.78. The van der Waals surface area contributed by atoms with Gasteiger partial charge in [-0.05, 0) is 6.07 Å². The molecule has 0 saturated heterocycles. The average molecular weight is 182 g/mol. The van der Waals surface area contributed by atoms with Crippen LogP contribution in [0.3, 0.4) is 0 Å². The summed E-state index contributed by atoms with van der Waals surface area (Å²) in [5.74, 6) is 1.03. The van der Waals surface area contributed by atoms with Crippen LogP contribution in [-0.2, 0) is 0 Å². The van der Waals surface area contributed by atoms with E-state index in [0.717, 1.165) is 0 Å². The zero-order valence-electron chi connectivity index (χ0n) is 6.00. The van der Waals surface area contributed by atoms with E-state index in [1.165, 1.54) is 0 Å². The normalized spacial score (nSPS) is 12.7. The summed E-state index contributed by atoms with van der Waals surface area (Å²) in [6.07, 6.45) is 0. The van der Waals surface area contributed by atoms with Crippen LogP contribution in [0, 0.1) is 11.3 Å². The number of benzene rings is 1. The number of nitriles is 1. The Hall–Kier alpha value is -1.40. The Morgan fingerprint density at radius 1 is 1.42 bits per heavy atom. The highest BCUT2D eigenvalue weighted by molar-refractivity contribution is 6.30. The van der Waals surface area contributed by atoms with Gasteiger partial charge in [0.1, 0.15) is 6.07 Å². The molecule has 1 aromatic carbocycles. The smallest absolute Gasteiger partial charge is 0.231 e. The van der Waals surface area contributed by atoms with Gasteiger partial charge in [0.15, 0.2) is 11.5 Å². The van der Waals surface area contributed by atoms with Gasteiger partial charge in [-0.1, -0.05) is 11.6 Å². The lowest BCUT2D eigenvalue weighted by atomic mass is 10.2. The highest BCUT2D eigenvalue weighted by Crippen LogP contribution is 2.37. The van der Waals surface area contributed by atoms with Crippen molar-refractivity contribution in [1.82, 2.24) is 0 Å². The number of rotatable bonds is 0. The van der Waals surface area contributed by atoms with Crippen LogP contribution >= 0.6 is 11.6 Å². The van der Waals surface area contributed by atoms with Gasteiger partial charge in [0, 0.05) is 11.1 Å². The van der Waals surface area contributed by atoms with E-state index in [1.807, 2.05) is 6.07 Å².